The van der Waals surface area contributed by atoms with Gasteiger partial charge in [-0.05, 0) is 67.3 Å². The average molecular weight is 370 g/mol. The third-order valence-electron chi connectivity index (χ3n) is 5.26. The van der Waals surface area contributed by atoms with Gasteiger partial charge in [-0.15, -0.1) is 0 Å². The van der Waals surface area contributed by atoms with Crippen molar-refractivity contribution >= 4 is 20.9 Å². The van der Waals surface area contributed by atoms with Gasteiger partial charge < -0.3 is 9.72 Å². The Hall–Kier alpha value is -2.31. The Morgan fingerprint density at radius 3 is 2.62 bits per heavy atom. The molecule has 0 saturated heterocycles. The van der Waals surface area contributed by atoms with Crippen LogP contribution in [0.2, 0.25) is 0 Å². The van der Waals surface area contributed by atoms with Gasteiger partial charge in [0.1, 0.15) is 5.75 Å². The molecule has 2 heterocycles. The minimum Gasteiger partial charge on any atom is -0.497 e. The molecular formula is C20H22N2O3S. The number of fused-ring (bicyclic) bond motifs is 3. The van der Waals surface area contributed by atoms with Crippen LogP contribution < -0.4 is 4.74 Å². The minimum absolute atomic E-state index is 0.363. The van der Waals surface area contributed by atoms with Gasteiger partial charge in [-0.2, -0.15) is 4.31 Å². The number of H-pyrrole nitrogens is 1. The summed E-state index contributed by atoms with van der Waals surface area (Å²) in [4.78, 5) is 3.74. The summed E-state index contributed by atoms with van der Waals surface area (Å²) in [7, 11) is -1.85. The normalized spacial score (nSPS) is 15.2. The molecule has 3 aromatic rings. The topological polar surface area (TPSA) is 62.4 Å². The lowest BCUT2D eigenvalue weighted by molar-refractivity contribution is 0.388. The molecule has 6 heteroatoms. The lowest BCUT2D eigenvalue weighted by atomic mass is 10.0. The number of hydrogen-bond acceptors (Lipinski definition) is 3. The summed E-state index contributed by atoms with van der Waals surface area (Å²) in [5.74, 6) is 0.810. The van der Waals surface area contributed by atoms with E-state index in [2.05, 4.69) is 4.98 Å². The maximum absolute atomic E-state index is 13.1. The highest BCUT2D eigenvalue weighted by Gasteiger charge is 2.30. The fourth-order valence-electron chi connectivity index (χ4n) is 3.55. The van der Waals surface area contributed by atoms with Gasteiger partial charge in [0.15, 0.2) is 0 Å². The molecule has 0 radical (unpaired) electrons. The van der Waals surface area contributed by atoms with E-state index in [0.717, 1.165) is 33.5 Å². The number of hydrogen-bond donors (Lipinski definition) is 1. The summed E-state index contributed by atoms with van der Waals surface area (Å²) in [6.45, 7) is 4.76. The van der Waals surface area contributed by atoms with Crippen molar-refractivity contribution in [3.8, 4) is 5.75 Å². The van der Waals surface area contributed by atoms with Crippen molar-refractivity contribution in [2.45, 2.75) is 31.7 Å². The SMILES string of the molecule is COc1ccc2[nH]c3c(c2c1)CCN(S(=O)(=O)c1ccc(C)c(C)c1)C3. The second kappa shape index (κ2) is 6.14. The zero-order chi connectivity index (χ0) is 18.5. The molecule has 0 spiro atoms. The van der Waals surface area contributed by atoms with Crippen LogP contribution in [-0.4, -0.2) is 31.4 Å². The van der Waals surface area contributed by atoms with Crippen molar-refractivity contribution in [2.75, 3.05) is 13.7 Å². The Labute approximate surface area is 153 Å². The maximum atomic E-state index is 13.1. The molecule has 0 fully saturated rings. The minimum atomic E-state index is -3.51. The number of ether oxygens (including phenoxy) is 1. The summed E-state index contributed by atoms with van der Waals surface area (Å²) in [5.41, 5.74) is 5.24. The third-order valence-corrected chi connectivity index (χ3v) is 7.10. The van der Waals surface area contributed by atoms with E-state index in [-0.39, 0.29) is 0 Å². The van der Waals surface area contributed by atoms with Crippen LogP contribution in [0.25, 0.3) is 10.9 Å². The molecule has 1 aliphatic heterocycles. The van der Waals surface area contributed by atoms with E-state index in [1.54, 1.807) is 23.5 Å². The van der Waals surface area contributed by atoms with Crippen molar-refractivity contribution < 1.29 is 13.2 Å². The van der Waals surface area contributed by atoms with Crippen LogP contribution >= 0.6 is 0 Å². The van der Waals surface area contributed by atoms with Crippen molar-refractivity contribution in [1.29, 1.82) is 0 Å². The van der Waals surface area contributed by atoms with Gasteiger partial charge in [0.2, 0.25) is 10.0 Å². The Kier molecular flexibility index (Phi) is 4.04. The fraction of sp³-hybridized carbons (Fsp3) is 0.300. The largest absolute Gasteiger partial charge is 0.497 e. The second-order valence-corrected chi connectivity index (χ2v) is 8.77. The molecule has 0 saturated carbocycles. The first-order valence-corrected chi connectivity index (χ1v) is 10.1. The predicted molar refractivity (Wildman–Crippen MR) is 102 cm³/mol. The third kappa shape index (κ3) is 2.70. The Morgan fingerprint density at radius 2 is 1.88 bits per heavy atom. The molecule has 136 valence electrons. The Balaban J connectivity index is 1.70. The molecular weight excluding hydrogens is 348 g/mol. The fourth-order valence-corrected chi connectivity index (χ4v) is 5.05. The van der Waals surface area contributed by atoms with Crippen LogP contribution in [0.1, 0.15) is 22.4 Å². The van der Waals surface area contributed by atoms with Crippen LogP contribution in [0, 0.1) is 13.8 Å². The molecule has 26 heavy (non-hydrogen) atoms. The van der Waals surface area contributed by atoms with Crippen LogP contribution in [0.15, 0.2) is 41.3 Å². The Morgan fingerprint density at radius 1 is 1.08 bits per heavy atom. The first-order valence-electron chi connectivity index (χ1n) is 8.65. The highest BCUT2D eigenvalue weighted by Crippen LogP contribution is 2.32. The second-order valence-electron chi connectivity index (χ2n) is 6.83. The smallest absolute Gasteiger partial charge is 0.243 e. The number of nitrogens with zero attached hydrogens (tertiary/aromatic N) is 1. The van der Waals surface area contributed by atoms with Gasteiger partial charge in [0.25, 0.3) is 0 Å². The summed E-state index contributed by atoms with van der Waals surface area (Å²) in [5, 5.41) is 1.11. The van der Waals surface area contributed by atoms with Gasteiger partial charge in [-0.25, -0.2) is 8.42 Å². The van der Waals surface area contributed by atoms with E-state index in [9.17, 15) is 8.42 Å². The number of aromatic nitrogens is 1. The zero-order valence-electron chi connectivity index (χ0n) is 15.2. The molecule has 1 N–H and O–H groups in total. The standard InChI is InChI=1S/C20H22N2O3S/c1-13-4-6-16(10-14(13)2)26(23,24)22-9-8-17-18-11-15(25-3)5-7-19(18)21-20(17)12-22/h4-7,10-11,21H,8-9,12H2,1-3H3. The molecule has 5 nitrogen and oxygen atoms in total. The molecule has 2 aromatic carbocycles. The molecule has 0 bridgehead atoms. The maximum Gasteiger partial charge on any atom is 0.243 e. The van der Waals surface area contributed by atoms with Crippen molar-refractivity contribution in [3.63, 3.8) is 0 Å². The first-order chi connectivity index (χ1) is 12.4. The summed E-state index contributed by atoms with van der Waals surface area (Å²) in [6.07, 6.45) is 0.687. The number of rotatable bonds is 3. The lowest BCUT2D eigenvalue weighted by Crippen LogP contribution is -2.35. The molecule has 0 amide bonds. The number of aryl methyl sites for hydroxylation is 2. The number of sulfonamides is 1. The van der Waals surface area contributed by atoms with Gasteiger partial charge in [-0.1, -0.05) is 6.07 Å². The average Bonchev–Trinajstić information content (AvgIpc) is 3.00. The molecule has 1 aromatic heterocycles. The molecule has 1 aliphatic rings. The van der Waals surface area contributed by atoms with Gasteiger partial charge >= 0.3 is 0 Å². The molecule has 0 atom stereocenters. The lowest BCUT2D eigenvalue weighted by Gasteiger charge is -2.26. The van der Waals surface area contributed by atoms with E-state index < -0.39 is 10.0 Å². The van der Waals surface area contributed by atoms with Crippen molar-refractivity contribution in [1.82, 2.24) is 9.29 Å². The van der Waals surface area contributed by atoms with E-state index in [0.29, 0.717) is 24.4 Å². The summed E-state index contributed by atoms with van der Waals surface area (Å²) in [6, 6.07) is 11.2. The van der Waals surface area contributed by atoms with Crippen molar-refractivity contribution in [3.05, 3.63) is 58.8 Å². The van der Waals surface area contributed by atoms with Crippen LogP contribution in [-0.2, 0) is 23.0 Å². The van der Waals surface area contributed by atoms with E-state index in [4.69, 9.17) is 4.74 Å². The molecule has 4 rings (SSSR count). The quantitative estimate of drug-likeness (QED) is 0.767. The monoisotopic (exact) mass is 370 g/mol. The first kappa shape index (κ1) is 17.1. The highest BCUT2D eigenvalue weighted by atomic mass is 32.2. The molecule has 0 aliphatic carbocycles. The van der Waals surface area contributed by atoms with Gasteiger partial charge in [0, 0.05) is 23.1 Å². The van der Waals surface area contributed by atoms with E-state index >= 15 is 0 Å². The van der Waals surface area contributed by atoms with Crippen molar-refractivity contribution in [2.24, 2.45) is 0 Å². The molecule has 0 unspecified atom stereocenters. The zero-order valence-corrected chi connectivity index (χ0v) is 16.0. The van der Waals surface area contributed by atoms with Crippen LogP contribution in [0.5, 0.6) is 5.75 Å². The summed E-state index contributed by atoms with van der Waals surface area (Å²) >= 11 is 0. The van der Waals surface area contributed by atoms with E-state index in [1.165, 1.54) is 5.56 Å². The van der Waals surface area contributed by atoms with Gasteiger partial charge in [-0.3, -0.25) is 0 Å². The van der Waals surface area contributed by atoms with Crippen LogP contribution in [0.3, 0.4) is 0 Å². The predicted octanol–water partition coefficient (Wildman–Crippen LogP) is 3.54. The van der Waals surface area contributed by atoms with E-state index in [1.807, 2.05) is 38.1 Å². The number of nitrogens with one attached hydrogen (secondary N) is 1. The summed E-state index contributed by atoms with van der Waals surface area (Å²) < 4.78 is 33.0. The number of aromatic amines is 1. The Bertz CT molecular complexity index is 1100. The van der Waals surface area contributed by atoms with Crippen LogP contribution in [0.4, 0.5) is 0 Å². The highest BCUT2D eigenvalue weighted by molar-refractivity contribution is 7.89. The number of methoxy groups -OCH3 is 1. The number of benzene rings is 2. The van der Waals surface area contributed by atoms with Gasteiger partial charge in [0.05, 0.1) is 18.6 Å².